The highest BCUT2D eigenvalue weighted by Gasteiger charge is 2.33. The zero-order chi connectivity index (χ0) is 17.0. The summed E-state index contributed by atoms with van der Waals surface area (Å²) in [7, 11) is 0. The molecule has 2 amide bonds. The highest BCUT2D eigenvalue weighted by atomic mass is 16.3. The minimum absolute atomic E-state index is 0.101. The van der Waals surface area contributed by atoms with E-state index in [9.17, 15) is 9.90 Å². The second-order valence-corrected chi connectivity index (χ2v) is 6.98. The van der Waals surface area contributed by atoms with Gasteiger partial charge in [-0.05, 0) is 47.0 Å². The Morgan fingerprint density at radius 2 is 1.96 bits per heavy atom. The number of rotatable bonds is 5. The zero-order valence-electron chi connectivity index (χ0n) is 14.8. The van der Waals surface area contributed by atoms with Crippen LogP contribution < -0.4 is 10.6 Å². The van der Waals surface area contributed by atoms with Gasteiger partial charge in [-0.2, -0.15) is 5.10 Å². The molecule has 0 spiro atoms. The lowest BCUT2D eigenvalue weighted by atomic mass is 9.79. The first-order chi connectivity index (χ1) is 10.9. The number of carbonyl (C=O) groups excluding carboxylic acids is 1. The number of anilines is 1. The molecule has 0 unspecified atom stereocenters. The van der Waals surface area contributed by atoms with Crippen LogP contribution in [0.3, 0.4) is 0 Å². The van der Waals surface area contributed by atoms with Crippen LogP contribution in [-0.4, -0.2) is 33.1 Å². The van der Waals surface area contributed by atoms with Gasteiger partial charge in [0.05, 0.1) is 17.1 Å². The molecule has 3 N–H and O–H groups in total. The Bertz CT molecular complexity index is 540. The minimum Gasteiger partial charge on any atom is -0.396 e. The van der Waals surface area contributed by atoms with Gasteiger partial charge in [-0.1, -0.05) is 19.3 Å². The maximum Gasteiger partial charge on any atom is 0.319 e. The Hall–Kier alpha value is -1.56. The predicted octanol–water partition coefficient (Wildman–Crippen LogP) is 3.29. The lowest BCUT2D eigenvalue weighted by Crippen LogP contribution is -2.51. The third-order valence-corrected chi connectivity index (χ3v) is 4.83. The van der Waals surface area contributed by atoms with Gasteiger partial charge in [0.25, 0.3) is 0 Å². The number of carbonyl (C=O) groups is 1. The number of aliphatic hydroxyl groups is 1. The van der Waals surface area contributed by atoms with Crippen LogP contribution >= 0.6 is 0 Å². The number of aliphatic hydroxyl groups excluding tert-OH is 1. The first kappa shape index (κ1) is 17.8. The number of nitrogens with one attached hydrogen (secondary N) is 2. The largest absolute Gasteiger partial charge is 0.396 e. The molecule has 1 aromatic heterocycles. The Labute approximate surface area is 138 Å². The van der Waals surface area contributed by atoms with Gasteiger partial charge in [-0.25, -0.2) is 4.79 Å². The Morgan fingerprint density at radius 1 is 1.30 bits per heavy atom. The van der Waals surface area contributed by atoms with Gasteiger partial charge >= 0.3 is 6.03 Å². The zero-order valence-corrected chi connectivity index (χ0v) is 14.8. The standard InChI is InChI=1S/C17H30N4O2/c1-12(2)21-14(4)15(13(3)20-21)18-16(23)19-17(10-11-22)8-6-5-7-9-17/h12,22H,5-11H2,1-4H3,(H2,18,19,23). The fourth-order valence-corrected chi connectivity index (χ4v) is 3.61. The normalized spacial score (nSPS) is 17.3. The fraction of sp³-hybridized carbons (Fsp3) is 0.765. The Kier molecular flexibility index (Phi) is 5.68. The topological polar surface area (TPSA) is 79.2 Å². The second kappa shape index (κ2) is 7.34. The molecule has 1 fully saturated rings. The monoisotopic (exact) mass is 322 g/mol. The molecule has 1 aliphatic carbocycles. The Balaban J connectivity index is 2.09. The number of hydrogen-bond acceptors (Lipinski definition) is 3. The molecular weight excluding hydrogens is 292 g/mol. The average molecular weight is 322 g/mol. The molecule has 23 heavy (non-hydrogen) atoms. The molecule has 0 aliphatic heterocycles. The van der Waals surface area contributed by atoms with Crippen molar-refractivity contribution in [1.82, 2.24) is 15.1 Å². The van der Waals surface area contributed by atoms with Crippen LogP contribution in [-0.2, 0) is 0 Å². The van der Waals surface area contributed by atoms with Gasteiger partial charge in [0, 0.05) is 18.2 Å². The van der Waals surface area contributed by atoms with Crippen LogP contribution in [0.5, 0.6) is 0 Å². The van der Waals surface area contributed by atoms with E-state index in [1.807, 2.05) is 18.5 Å². The van der Waals surface area contributed by atoms with E-state index in [0.717, 1.165) is 42.8 Å². The van der Waals surface area contributed by atoms with Crippen molar-refractivity contribution >= 4 is 11.7 Å². The average Bonchev–Trinajstić information content (AvgIpc) is 2.76. The highest BCUT2D eigenvalue weighted by Crippen LogP contribution is 2.31. The molecular formula is C17H30N4O2. The van der Waals surface area contributed by atoms with Crippen molar-refractivity contribution in [2.45, 2.75) is 77.8 Å². The van der Waals surface area contributed by atoms with Crippen LogP contribution in [0.25, 0.3) is 0 Å². The molecule has 2 rings (SSSR count). The quantitative estimate of drug-likeness (QED) is 0.778. The van der Waals surface area contributed by atoms with E-state index in [1.54, 1.807) is 0 Å². The van der Waals surface area contributed by atoms with Crippen molar-refractivity contribution in [3.63, 3.8) is 0 Å². The number of aromatic nitrogens is 2. The molecule has 0 aromatic carbocycles. The summed E-state index contributed by atoms with van der Waals surface area (Å²) < 4.78 is 1.93. The summed E-state index contributed by atoms with van der Waals surface area (Å²) in [6.07, 6.45) is 5.89. The maximum atomic E-state index is 12.5. The van der Waals surface area contributed by atoms with E-state index in [1.165, 1.54) is 6.42 Å². The summed E-state index contributed by atoms with van der Waals surface area (Å²) in [5, 5.41) is 19.9. The molecule has 1 aliphatic rings. The lowest BCUT2D eigenvalue weighted by molar-refractivity contribution is 0.168. The SMILES string of the molecule is Cc1nn(C(C)C)c(C)c1NC(=O)NC1(CCO)CCCCC1. The number of amides is 2. The number of urea groups is 1. The van der Waals surface area contributed by atoms with E-state index in [-0.39, 0.29) is 24.2 Å². The first-order valence-electron chi connectivity index (χ1n) is 8.64. The van der Waals surface area contributed by atoms with Crippen LogP contribution in [0.4, 0.5) is 10.5 Å². The first-order valence-corrected chi connectivity index (χ1v) is 8.64. The minimum atomic E-state index is -0.271. The molecule has 1 saturated carbocycles. The lowest BCUT2D eigenvalue weighted by Gasteiger charge is -2.37. The van der Waals surface area contributed by atoms with Crippen LogP contribution in [0, 0.1) is 13.8 Å². The summed E-state index contributed by atoms with van der Waals surface area (Å²) in [5.74, 6) is 0. The van der Waals surface area contributed by atoms with E-state index in [4.69, 9.17) is 0 Å². The third kappa shape index (κ3) is 4.05. The van der Waals surface area contributed by atoms with Crippen molar-refractivity contribution in [2.24, 2.45) is 0 Å². The van der Waals surface area contributed by atoms with Crippen molar-refractivity contribution in [3.05, 3.63) is 11.4 Å². The molecule has 0 saturated heterocycles. The van der Waals surface area contributed by atoms with Gasteiger partial charge in [0.15, 0.2) is 0 Å². The fourth-order valence-electron chi connectivity index (χ4n) is 3.61. The molecule has 130 valence electrons. The summed E-state index contributed by atoms with van der Waals surface area (Å²) in [6.45, 7) is 8.12. The second-order valence-electron chi connectivity index (χ2n) is 6.98. The van der Waals surface area contributed by atoms with Crippen molar-refractivity contribution in [3.8, 4) is 0 Å². The molecule has 0 radical (unpaired) electrons. The van der Waals surface area contributed by atoms with Gasteiger partial charge in [-0.15, -0.1) is 0 Å². The van der Waals surface area contributed by atoms with E-state index < -0.39 is 0 Å². The van der Waals surface area contributed by atoms with Gasteiger partial charge in [0.2, 0.25) is 0 Å². The molecule has 1 aromatic rings. The van der Waals surface area contributed by atoms with Crippen LogP contribution in [0.1, 0.15) is 69.8 Å². The maximum absolute atomic E-state index is 12.5. The summed E-state index contributed by atoms with van der Waals surface area (Å²) in [4.78, 5) is 12.5. The van der Waals surface area contributed by atoms with Gasteiger partial charge < -0.3 is 15.7 Å². The number of nitrogens with zero attached hydrogens (tertiary/aromatic N) is 2. The predicted molar refractivity (Wildman–Crippen MR) is 91.8 cm³/mol. The Morgan fingerprint density at radius 3 is 2.48 bits per heavy atom. The van der Waals surface area contributed by atoms with E-state index in [0.29, 0.717) is 6.42 Å². The van der Waals surface area contributed by atoms with E-state index in [2.05, 4.69) is 29.6 Å². The molecule has 0 bridgehead atoms. The molecule has 6 heteroatoms. The number of hydrogen-bond donors (Lipinski definition) is 3. The third-order valence-electron chi connectivity index (χ3n) is 4.83. The van der Waals surface area contributed by atoms with Crippen molar-refractivity contribution in [2.75, 3.05) is 11.9 Å². The number of aryl methyl sites for hydroxylation is 1. The summed E-state index contributed by atoms with van der Waals surface area (Å²) in [5.41, 5.74) is 2.30. The molecule has 6 nitrogen and oxygen atoms in total. The highest BCUT2D eigenvalue weighted by molar-refractivity contribution is 5.91. The van der Waals surface area contributed by atoms with Crippen molar-refractivity contribution < 1.29 is 9.90 Å². The van der Waals surface area contributed by atoms with Gasteiger partial charge in [0.1, 0.15) is 0 Å². The summed E-state index contributed by atoms with van der Waals surface area (Å²) in [6, 6.07) is 0.0567. The molecule has 1 heterocycles. The van der Waals surface area contributed by atoms with Gasteiger partial charge in [-0.3, -0.25) is 4.68 Å². The van der Waals surface area contributed by atoms with Crippen LogP contribution in [0.15, 0.2) is 0 Å². The van der Waals surface area contributed by atoms with Crippen molar-refractivity contribution in [1.29, 1.82) is 0 Å². The van der Waals surface area contributed by atoms with E-state index >= 15 is 0 Å². The van der Waals surface area contributed by atoms with Crippen LogP contribution in [0.2, 0.25) is 0 Å². The molecule has 0 atom stereocenters. The smallest absolute Gasteiger partial charge is 0.319 e. The summed E-state index contributed by atoms with van der Waals surface area (Å²) >= 11 is 0.